The predicted octanol–water partition coefficient (Wildman–Crippen LogP) is 4.93. The highest BCUT2D eigenvalue weighted by Crippen LogP contribution is 2.40. The van der Waals surface area contributed by atoms with Crippen LogP contribution in [0.3, 0.4) is 0 Å². The van der Waals surface area contributed by atoms with Crippen molar-refractivity contribution in [2.45, 2.75) is 85.2 Å². The third-order valence-electron chi connectivity index (χ3n) is 5.10. The molecule has 1 aliphatic heterocycles. The third kappa shape index (κ3) is 4.69. The summed E-state index contributed by atoms with van der Waals surface area (Å²) in [5.41, 5.74) is 0. The highest BCUT2D eigenvalue weighted by atomic mass is 28.4. The molecule has 0 fully saturated rings. The molecule has 0 aromatic carbocycles. The molecule has 1 heterocycles. The Morgan fingerprint density at radius 3 is 2.23 bits per heavy atom. The minimum absolute atomic E-state index is 0.0744. The molecule has 0 spiro atoms. The van der Waals surface area contributed by atoms with Crippen LogP contribution in [0.25, 0.3) is 0 Å². The van der Waals surface area contributed by atoms with Crippen molar-refractivity contribution in [3.8, 4) is 0 Å². The Morgan fingerprint density at radius 2 is 1.82 bits per heavy atom. The number of hydrogen-bond acceptors (Lipinski definition) is 3. The minimum Gasteiger partial charge on any atom is -0.494 e. The first kappa shape index (κ1) is 19.4. The summed E-state index contributed by atoms with van der Waals surface area (Å²) in [5, 5.41) is 0.179. The van der Waals surface area contributed by atoms with Gasteiger partial charge in [-0.15, -0.1) is 0 Å². The van der Waals surface area contributed by atoms with E-state index in [-0.39, 0.29) is 28.9 Å². The molecule has 0 aromatic rings. The largest absolute Gasteiger partial charge is 0.494 e. The maximum Gasteiger partial charge on any atom is 0.192 e. The van der Waals surface area contributed by atoms with E-state index < -0.39 is 8.32 Å². The van der Waals surface area contributed by atoms with E-state index in [1.165, 1.54) is 0 Å². The number of hydrogen-bond donors (Lipinski definition) is 0. The molecule has 0 saturated heterocycles. The van der Waals surface area contributed by atoms with Crippen molar-refractivity contribution >= 4 is 14.1 Å². The lowest BCUT2D eigenvalue weighted by atomic mass is 9.87. The van der Waals surface area contributed by atoms with E-state index >= 15 is 0 Å². The van der Waals surface area contributed by atoms with Crippen LogP contribution in [0.15, 0.2) is 11.8 Å². The van der Waals surface area contributed by atoms with Gasteiger partial charge in [-0.2, -0.15) is 0 Å². The van der Waals surface area contributed by atoms with Crippen LogP contribution in [-0.2, 0) is 14.0 Å². The van der Waals surface area contributed by atoms with E-state index in [2.05, 4.69) is 54.6 Å². The minimum atomic E-state index is -1.85. The van der Waals surface area contributed by atoms with E-state index in [1.54, 1.807) is 6.08 Å². The van der Waals surface area contributed by atoms with E-state index in [9.17, 15) is 4.79 Å². The molecule has 0 saturated carbocycles. The van der Waals surface area contributed by atoms with E-state index in [4.69, 9.17) is 9.16 Å². The second kappa shape index (κ2) is 6.87. The maximum atomic E-state index is 11.8. The van der Waals surface area contributed by atoms with E-state index in [0.717, 1.165) is 5.76 Å². The molecule has 1 rings (SSSR count). The number of ether oxygens (including phenoxy) is 1. The number of rotatable bonds is 5. The van der Waals surface area contributed by atoms with Gasteiger partial charge in [0.2, 0.25) is 0 Å². The predicted molar refractivity (Wildman–Crippen MR) is 94.3 cm³/mol. The summed E-state index contributed by atoms with van der Waals surface area (Å²) >= 11 is 0. The van der Waals surface area contributed by atoms with Gasteiger partial charge in [-0.25, -0.2) is 0 Å². The Kier molecular flexibility index (Phi) is 6.07. The summed E-state index contributed by atoms with van der Waals surface area (Å²) in [6.45, 7) is 19.8. The lowest BCUT2D eigenvalue weighted by Crippen LogP contribution is -2.49. The first-order chi connectivity index (χ1) is 9.85. The maximum absolute atomic E-state index is 11.8. The molecule has 0 amide bonds. The SMILES string of the molecule is CC1=CC(=O)C[C@H]([C@@H](C)[C@H](O[Si](C)(C)C(C)(C)C)C(C)C)O1. The average molecular weight is 327 g/mol. The molecule has 0 N–H and O–H groups in total. The molecule has 1 aliphatic rings. The molecule has 4 heteroatoms. The first-order valence-corrected chi connectivity index (χ1v) is 11.3. The molecule has 0 aromatic heterocycles. The quantitative estimate of drug-likeness (QED) is 0.672. The van der Waals surface area contributed by atoms with Crippen molar-refractivity contribution in [2.24, 2.45) is 11.8 Å². The smallest absolute Gasteiger partial charge is 0.192 e. The van der Waals surface area contributed by atoms with E-state index in [0.29, 0.717) is 12.3 Å². The average Bonchev–Trinajstić information content (AvgIpc) is 2.32. The lowest BCUT2D eigenvalue weighted by molar-refractivity contribution is -0.121. The van der Waals surface area contributed by atoms with Crippen LogP contribution in [-0.4, -0.2) is 26.3 Å². The number of carbonyl (C=O) groups excluding carboxylic acids is 1. The molecule has 22 heavy (non-hydrogen) atoms. The number of allylic oxidation sites excluding steroid dienone is 2. The number of ketones is 1. The van der Waals surface area contributed by atoms with Gasteiger partial charge in [-0.3, -0.25) is 4.79 Å². The molecule has 0 radical (unpaired) electrons. The highest BCUT2D eigenvalue weighted by Gasteiger charge is 2.42. The molecule has 3 atom stereocenters. The topological polar surface area (TPSA) is 35.5 Å². The van der Waals surface area contributed by atoms with Crippen LogP contribution in [0.4, 0.5) is 0 Å². The Labute approximate surface area is 137 Å². The van der Waals surface area contributed by atoms with Gasteiger partial charge in [0.05, 0.1) is 11.9 Å². The third-order valence-corrected chi connectivity index (χ3v) is 9.58. The summed E-state index contributed by atoms with van der Waals surface area (Å²) in [5.74, 6) is 1.48. The van der Waals surface area contributed by atoms with Crippen molar-refractivity contribution in [1.82, 2.24) is 0 Å². The van der Waals surface area contributed by atoms with Crippen LogP contribution >= 0.6 is 0 Å². The lowest BCUT2D eigenvalue weighted by Gasteiger charge is -2.44. The zero-order valence-electron chi connectivity index (χ0n) is 15.8. The molecular formula is C18H34O3Si. The molecule has 0 unspecified atom stereocenters. The van der Waals surface area contributed by atoms with Crippen LogP contribution in [0.5, 0.6) is 0 Å². The zero-order chi connectivity index (χ0) is 17.3. The van der Waals surface area contributed by atoms with Crippen LogP contribution in [0.2, 0.25) is 18.1 Å². The van der Waals surface area contributed by atoms with Gasteiger partial charge >= 0.3 is 0 Å². The first-order valence-electron chi connectivity index (χ1n) is 8.40. The van der Waals surface area contributed by atoms with Gasteiger partial charge in [0, 0.05) is 18.4 Å². The summed E-state index contributed by atoms with van der Waals surface area (Å²) in [6, 6.07) is 0. The molecule has 0 bridgehead atoms. The fourth-order valence-corrected chi connectivity index (χ4v) is 4.19. The summed E-state index contributed by atoms with van der Waals surface area (Å²) in [6.07, 6.45) is 2.10. The monoisotopic (exact) mass is 326 g/mol. The van der Waals surface area contributed by atoms with Crippen LogP contribution in [0, 0.1) is 11.8 Å². The van der Waals surface area contributed by atoms with Crippen LogP contribution in [0.1, 0.15) is 54.9 Å². The van der Waals surface area contributed by atoms with Gasteiger partial charge in [0.15, 0.2) is 14.1 Å². The fraction of sp³-hybridized carbons (Fsp3) is 0.833. The zero-order valence-corrected chi connectivity index (χ0v) is 16.8. The van der Waals surface area contributed by atoms with Gasteiger partial charge in [0.25, 0.3) is 0 Å². The molecule has 0 aliphatic carbocycles. The van der Waals surface area contributed by atoms with Crippen molar-refractivity contribution in [3.63, 3.8) is 0 Å². The van der Waals surface area contributed by atoms with Gasteiger partial charge in [-0.1, -0.05) is 41.5 Å². The van der Waals surface area contributed by atoms with Crippen molar-refractivity contribution in [1.29, 1.82) is 0 Å². The summed E-state index contributed by atoms with van der Waals surface area (Å²) in [4.78, 5) is 11.8. The second-order valence-electron chi connectivity index (χ2n) is 8.53. The van der Waals surface area contributed by atoms with Crippen molar-refractivity contribution in [3.05, 3.63) is 11.8 Å². The van der Waals surface area contributed by atoms with Gasteiger partial charge in [0.1, 0.15) is 6.10 Å². The van der Waals surface area contributed by atoms with Gasteiger partial charge < -0.3 is 9.16 Å². The van der Waals surface area contributed by atoms with Crippen LogP contribution < -0.4 is 0 Å². The summed E-state index contributed by atoms with van der Waals surface area (Å²) in [7, 11) is -1.85. The fourth-order valence-electron chi connectivity index (χ4n) is 2.67. The Hall–Kier alpha value is -0.613. The van der Waals surface area contributed by atoms with Gasteiger partial charge in [-0.05, 0) is 31.0 Å². The Bertz CT molecular complexity index is 432. The highest BCUT2D eigenvalue weighted by molar-refractivity contribution is 6.74. The Balaban J connectivity index is 2.92. The molecule has 3 nitrogen and oxygen atoms in total. The molecular weight excluding hydrogens is 292 g/mol. The summed E-state index contributed by atoms with van der Waals surface area (Å²) < 4.78 is 12.6. The standard InChI is InChI=1S/C18H34O3Si/c1-12(2)17(21-22(8,9)18(5,6)7)14(4)16-11-15(19)10-13(3)20-16/h10,12,14,16-17H,11H2,1-9H3/t14-,16-,17-/m1/s1. The Morgan fingerprint density at radius 1 is 1.27 bits per heavy atom. The van der Waals surface area contributed by atoms with Crippen molar-refractivity contribution in [2.75, 3.05) is 0 Å². The van der Waals surface area contributed by atoms with Crippen molar-refractivity contribution < 1.29 is 14.0 Å². The number of carbonyl (C=O) groups is 1. The van der Waals surface area contributed by atoms with E-state index in [1.807, 2.05) is 6.92 Å². The normalized spacial score (nSPS) is 23.1. The second-order valence-corrected chi connectivity index (χ2v) is 13.3. The molecule has 128 valence electrons.